The molecule has 98 valence electrons. The number of para-hydroxylation sites is 2. The Morgan fingerprint density at radius 1 is 1.16 bits per heavy atom. The zero-order valence-corrected chi connectivity index (χ0v) is 10.7. The van der Waals surface area contributed by atoms with Gasteiger partial charge in [0.2, 0.25) is 0 Å². The minimum atomic E-state index is -0.232. The molecule has 19 heavy (non-hydrogen) atoms. The van der Waals surface area contributed by atoms with Crippen LogP contribution >= 0.6 is 0 Å². The molecule has 0 saturated carbocycles. The van der Waals surface area contributed by atoms with E-state index in [2.05, 4.69) is 5.32 Å². The molecule has 0 spiro atoms. The average molecular weight is 256 g/mol. The molecule has 0 unspecified atom stereocenters. The van der Waals surface area contributed by atoms with Gasteiger partial charge in [-0.25, -0.2) is 0 Å². The van der Waals surface area contributed by atoms with Crippen LogP contribution in [0.25, 0.3) is 0 Å². The first kappa shape index (κ1) is 13.0. The molecule has 0 bridgehead atoms. The average Bonchev–Trinajstić information content (AvgIpc) is 2.42. The molecule has 2 aromatic rings. The van der Waals surface area contributed by atoms with Crippen molar-refractivity contribution in [2.24, 2.45) is 0 Å². The number of ether oxygens (including phenoxy) is 1. The number of nitrogens with two attached hydrogens (primary N) is 1. The van der Waals surface area contributed by atoms with Gasteiger partial charge in [0.05, 0.1) is 11.4 Å². The molecule has 0 aliphatic carbocycles. The van der Waals surface area contributed by atoms with E-state index in [4.69, 9.17) is 10.5 Å². The van der Waals surface area contributed by atoms with Crippen molar-refractivity contribution in [1.29, 1.82) is 0 Å². The Morgan fingerprint density at radius 2 is 1.89 bits per heavy atom. The number of carbonyl (C=O) groups excluding carboxylic acids is 1. The van der Waals surface area contributed by atoms with E-state index >= 15 is 0 Å². The van der Waals surface area contributed by atoms with Crippen LogP contribution in [0.15, 0.2) is 48.5 Å². The number of nitrogen functional groups attached to an aromatic ring is 1. The summed E-state index contributed by atoms with van der Waals surface area (Å²) >= 11 is 0. The summed E-state index contributed by atoms with van der Waals surface area (Å²) in [5.41, 5.74) is 7.94. The second kappa shape index (κ2) is 5.91. The van der Waals surface area contributed by atoms with Crippen LogP contribution < -0.4 is 15.8 Å². The van der Waals surface area contributed by atoms with E-state index in [9.17, 15) is 4.79 Å². The van der Waals surface area contributed by atoms with Crippen molar-refractivity contribution in [3.63, 3.8) is 0 Å². The normalized spacial score (nSPS) is 9.95. The van der Waals surface area contributed by atoms with Gasteiger partial charge in [0.25, 0.3) is 5.91 Å². The van der Waals surface area contributed by atoms with Gasteiger partial charge in [-0.3, -0.25) is 4.79 Å². The van der Waals surface area contributed by atoms with Crippen LogP contribution in [0.3, 0.4) is 0 Å². The van der Waals surface area contributed by atoms with Crippen molar-refractivity contribution < 1.29 is 9.53 Å². The molecule has 0 saturated heterocycles. The summed E-state index contributed by atoms with van der Waals surface area (Å²) in [6.45, 7) is 1.85. The van der Waals surface area contributed by atoms with Crippen LogP contribution in [0.2, 0.25) is 0 Å². The summed E-state index contributed by atoms with van der Waals surface area (Å²) in [5, 5.41) is 2.76. The number of hydrogen-bond acceptors (Lipinski definition) is 3. The summed E-state index contributed by atoms with van der Waals surface area (Å²) in [4.78, 5) is 11.8. The zero-order chi connectivity index (χ0) is 13.7. The summed E-state index contributed by atoms with van der Waals surface area (Å²) in [6.07, 6.45) is 0. The first-order valence-corrected chi connectivity index (χ1v) is 5.99. The highest BCUT2D eigenvalue weighted by Crippen LogP contribution is 2.22. The standard InChI is InChI=1S/C15H16N2O2/c1-11-6-5-9-13(16)15(11)17-14(18)10-19-12-7-3-2-4-8-12/h2-9H,10,16H2,1H3,(H,17,18). The van der Waals surface area contributed by atoms with Gasteiger partial charge in [-0.1, -0.05) is 30.3 Å². The van der Waals surface area contributed by atoms with Gasteiger partial charge in [-0.05, 0) is 30.7 Å². The van der Waals surface area contributed by atoms with Crippen LogP contribution in [0, 0.1) is 6.92 Å². The maximum Gasteiger partial charge on any atom is 0.262 e. The number of amides is 1. The quantitative estimate of drug-likeness (QED) is 0.826. The first-order valence-electron chi connectivity index (χ1n) is 5.99. The fourth-order valence-corrected chi connectivity index (χ4v) is 1.70. The molecule has 0 heterocycles. The Morgan fingerprint density at radius 3 is 2.58 bits per heavy atom. The molecule has 2 rings (SSSR count). The summed E-state index contributed by atoms with van der Waals surface area (Å²) in [5.74, 6) is 0.431. The van der Waals surface area contributed by atoms with Gasteiger partial charge < -0.3 is 15.8 Å². The van der Waals surface area contributed by atoms with Crippen molar-refractivity contribution >= 4 is 17.3 Å². The van der Waals surface area contributed by atoms with Crippen molar-refractivity contribution in [3.8, 4) is 5.75 Å². The number of nitrogens with one attached hydrogen (secondary N) is 1. The maximum atomic E-state index is 11.8. The smallest absolute Gasteiger partial charge is 0.262 e. The molecule has 4 nitrogen and oxygen atoms in total. The fraction of sp³-hybridized carbons (Fsp3) is 0.133. The van der Waals surface area contributed by atoms with E-state index in [1.54, 1.807) is 18.2 Å². The van der Waals surface area contributed by atoms with Gasteiger partial charge in [-0.15, -0.1) is 0 Å². The predicted octanol–water partition coefficient (Wildman–Crippen LogP) is 2.59. The Labute approximate surface area is 112 Å². The van der Waals surface area contributed by atoms with E-state index in [1.165, 1.54) is 0 Å². The van der Waals surface area contributed by atoms with Gasteiger partial charge in [0.1, 0.15) is 5.75 Å². The van der Waals surface area contributed by atoms with Gasteiger partial charge in [0.15, 0.2) is 6.61 Å². The highest BCUT2D eigenvalue weighted by molar-refractivity contribution is 5.95. The Kier molecular flexibility index (Phi) is 4.03. The SMILES string of the molecule is Cc1cccc(N)c1NC(=O)COc1ccccc1. The van der Waals surface area contributed by atoms with Crippen molar-refractivity contribution in [2.75, 3.05) is 17.7 Å². The van der Waals surface area contributed by atoms with Crippen molar-refractivity contribution in [2.45, 2.75) is 6.92 Å². The Balaban J connectivity index is 1.95. The van der Waals surface area contributed by atoms with Crippen LogP contribution in [0.4, 0.5) is 11.4 Å². The lowest BCUT2D eigenvalue weighted by Gasteiger charge is -2.11. The second-order valence-electron chi connectivity index (χ2n) is 4.19. The van der Waals surface area contributed by atoms with Gasteiger partial charge in [-0.2, -0.15) is 0 Å². The van der Waals surface area contributed by atoms with Crippen LogP contribution in [0.1, 0.15) is 5.56 Å². The molecule has 0 fully saturated rings. The third kappa shape index (κ3) is 3.48. The summed E-state index contributed by atoms with van der Waals surface area (Å²) in [6, 6.07) is 14.7. The highest BCUT2D eigenvalue weighted by Gasteiger charge is 2.08. The van der Waals surface area contributed by atoms with Crippen molar-refractivity contribution in [1.82, 2.24) is 0 Å². The molecule has 0 atom stereocenters. The van der Waals surface area contributed by atoms with E-state index in [1.807, 2.05) is 37.3 Å². The minimum absolute atomic E-state index is 0.0439. The number of hydrogen-bond donors (Lipinski definition) is 2. The van der Waals surface area contributed by atoms with E-state index in [0.717, 1.165) is 5.56 Å². The molecular formula is C15H16N2O2. The predicted molar refractivity (Wildman–Crippen MR) is 76.2 cm³/mol. The van der Waals surface area contributed by atoms with Gasteiger partial charge in [0, 0.05) is 0 Å². The van der Waals surface area contributed by atoms with E-state index in [-0.39, 0.29) is 12.5 Å². The Hall–Kier alpha value is -2.49. The summed E-state index contributed by atoms with van der Waals surface area (Å²) in [7, 11) is 0. The maximum absolute atomic E-state index is 11.8. The highest BCUT2D eigenvalue weighted by atomic mass is 16.5. The van der Waals surface area contributed by atoms with Gasteiger partial charge >= 0.3 is 0 Å². The molecule has 3 N–H and O–H groups in total. The molecule has 1 amide bonds. The first-order chi connectivity index (χ1) is 9.16. The number of benzene rings is 2. The molecule has 2 aromatic carbocycles. The minimum Gasteiger partial charge on any atom is -0.484 e. The largest absolute Gasteiger partial charge is 0.484 e. The van der Waals surface area contributed by atoms with Crippen LogP contribution in [-0.2, 0) is 4.79 Å². The molecular weight excluding hydrogens is 240 g/mol. The van der Waals surface area contributed by atoms with E-state index < -0.39 is 0 Å². The third-order valence-corrected chi connectivity index (χ3v) is 2.68. The van der Waals surface area contributed by atoms with Crippen molar-refractivity contribution in [3.05, 3.63) is 54.1 Å². The fourth-order valence-electron chi connectivity index (χ4n) is 1.70. The summed E-state index contributed by atoms with van der Waals surface area (Å²) < 4.78 is 5.37. The van der Waals surface area contributed by atoms with E-state index in [0.29, 0.717) is 17.1 Å². The second-order valence-corrected chi connectivity index (χ2v) is 4.19. The third-order valence-electron chi connectivity index (χ3n) is 2.68. The number of aryl methyl sites for hydroxylation is 1. The topological polar surface area (TPSA) is 64.3 Å². The van der Waals surface area contributed by atoms with Crippen LogP contribution in [-0.4, -0.2) is 12.5 Å². The van der Waals surface area contributed by atoms with Crippen LogP contribution in [0.5, 0.6) is 5.75 Å². The lowest BCUT2D eigenvalue weighted by molar-refractivity contribution is -0.118. The molecule has 0 aliphatic rings. The number of carbonyl (C=O) groups is 1. The molecule has 0 radical (unpaired) electrons. The molecule has 0 aliphatic heterocycles. The number of anilines is 2. The Bertz CT molecular complexity index is 547. The lowest BCUT2D eigenvalue weighted by Crippen LogP contribution is -2.21. The monoisotopic (exact) mass is 256 g/mol. The zero-order valence-electron chi connectivity index (χ0n) is 10.7. The molecule has 0 aromatic heterocycles. The molecule has 4 heteroatoms. The number of rotatable bonds is 4. The lowest BCUT2D eigenvalue weighted by atomic mass is 10.1.